The van der Waals surface area contributed by atoms with Crippen molar-refractivity contribution < 1.29 is 14.0 Å². The SMILES string of the molecule is O=C(CNC(=O)NCc1ccccc1)NC1CCSc2c(F)cccc21. The Bertz CT molecular complexity index is 786. The average molecular weight is 373 g/mol. The normalized spacial score (nSPS) is 15.7. The Morgan fingerprint density at radius 1 is 1.08 bits per heavy atom. The second-order valence-corrected chi connectivity index (χ2v) is 7.04. The smallest absolute Gasteiger partial charge is 0.315 e. The second kappa shape index (κ2) is 8.71. The molecule has 0 saturated carbocycles. The lowest BCUT2D eigenvalue weighted by molar-refractivity contribution is -0.120. The molecule has 0 radical (unpaired) electrons. The van der Waals surface area contributed by atoms with Gasteiger partial charge in [0.25, 0.3) is 0 Å². The summed E-state index contributed by atoms with van der Waals surface area (Å²) in [5.74, 6) is 0.181. The van der Waals surface area contributed by atoms with Crippen molar-refractivity contribution in [2.45, 2.75) is 23.9 Å². The van der Waals surface area contributed by atoms with Crippen molar-refractivity contribution in [2.24, 2.45) is 0 Å². The summed E-state index contributed by atoms with van der Waals surface area (Å²) < 4.78 is 13.9. The quantitative estimate of drug-likeness (QED) is 0.755. The maximum absolute atomic E-state index is 13.9. The topological polar surface area (TPSA) is 70.2 Å². The Hall–Kier alpha value is -2.54. The molecule has 5 nitrogen and oxygen atoms in total. The number of nitrogens with one attached hydrogen (secondary N) is 3. The molecular formula is C19H20FN3O2S. The molecule has 1 unspecified atom stereocenters. The molecule has 136 valence electrons. The predicted octanol–water partition coefficient (Wildman–Crippen LogP) is 2.98. The van der Waals surface area contributed by atoms with E-state index >= 15 is 0 Å². The lowest BCUT2D eigenvalue weighted by Crippen LogP contribution is -2.43. The van der Waals surface area contributed by atoms with Crippen LogP contribution in [0.15, 0.2) is 53.4 Å². The molecular weight excluding hydrogens is 353 g/mol. The van der Waals surface area contributed by atoms with Crippen LogP contribution in [0.3, 0.4) is 0 Å². The van der Waals surface area contributed by atoms with E-state index in [9.17, 15) is 14.0 Å². The summed E-state index contributed by atoms with van der Waals surface area (Å²) in [5.41, 5.74) is 1.77. The number of amides is 3. The first-order valence-electron chi connectivity index (χ1n) is 8.39. The molecule has 3 amide bonds. The molecule has 1 aliphatic rings. The summed E-state index contributed by atoms with van der Waals surface area (Å²) in [4.78, 5) is 24.5. The van der Waals surface area contributed by atoms with Crippen LogP contribution >= 0.6 is 11.8 Å². The van der Waals surface area contributed by atoms with E-state index in [2.05, 4.69) is 16.0 Å². The van der Waals surface area contributed by atoms with Crippen LogP contribution in [0, 0.1) is 5.82 Å². The lowest BCUT2D eigenvalue weighted by Gasteiger charge is -2.26. The van der Waals surface area contributed by atoms with Crippen molar-refractivity contribution >= 4 is 23.7 Å². The predicted molar refractivity (Wildman–Crippen MR) is 99.3 cm³/mol. The van der Waals surface area contributed by atoms with Crippen molar-refractivity contribution in [2.75, 3.05) is 12.3 Å². The third-order valence-electron chi connectivity index (χ3n) is 4.07. The lowest BCUT2D eigenvalue weighted by atomic mass is 10.0. The Balaban J connectivity index is 1.46. The molecule has 0 saturated heterocycles. The van der Waals surface area contributed by atoms with Gasteiger partial charge < -0.3 is 16.0 Å². The van der Waals surface area contributed by atoms with Crippen molar-refractivity contribution in [3.8, 4) is 0 Å². The van der Waals surface area contributed by atoms with E-state index in [1.807, 2.05) is 36.4 Å². The fourth-order valence-electron chi connectivity index (χ4n) is 2.78. The number of urea groups is 1. The number of benzene rings is 2. The number of thioether (sulfide) groups is 1. The van der Waals surface area contributed by atoms with Gasteiger partial charge in [0.2, 0.25) is 5.91 Å². The minimum absolute atomic E-state index is 0.130. The van der Waals surface area contributed by atoms with Crippen LogP contribution in [-0.2, 0) is 11.3 Å². The number of hydrogen-bond donors (Lipinski definition) is 3. The number of fused-ring (bicyclic) bond motifs is 1. The first-order valence-corrected chi connectivity index (χ1v) is 9.38. The van der Waals surface area contributed by atoms with Gasteiger partial charge in [0.15, 0.2) is 0 Å². The molecule has 1 atom stereocenters. The fourth-order valence-corrected chi connectivity index (χ4v) is 3.92. The van der Waals surface area contributed by atoms with Crippen molar-refractivity contribution in [3.05, 3.63) is 65.5 Å². The van der Waals surface area contributed by atoms with Gasteiger partial charge in [-0.05, 0) is 23.6 Å². The van der Waals surface area contributed by atoms with Crippen LogP contribution in [-0.4, -0.2) is 24.2 Å². The van der Waals surface area contributed by atoms with Crippen LogP contribution in [0.2, 0.25) is 0 Å². The summed E-state index contributed by atoms with van der Waals surface area (Å²) in [6, 6.07) is 13.8. The van der Waals surface area contributed by atoms with Crippen LogP contribution in [0.1, 0.15) is 23.6 Å². The molecule has 1 heterocycles. The molecule has 7 heteroatoms. The molecule has 0 bridgehead atoms. The number of rotatable bonds is 5. The van der Waals surface area contributed by atoms with Gasteiger partial charge in [-0.3, -0.25) is 4.79 Å². The summed E-state index contributed by atoms with van der Waals surface area (Å²) in [6.07, 6.45) is 0.729. The zero-order valence-electron chi connectivity index (χ0n) is 14.1. The maximum atomic E-state index is 13.9. The largest absolute Gasteiger partial charge is 0.348 e. The van der Waals surface area contributed by atoms with Gasteiger partial charge in [-0.15, -0.1) is 11.8 Å². The van der Waals surface area contributed by atoms with E-state index in [1.165, 1.54) is 17.8 Å². The third kappa shape index (κ3) is 4.76. The average Bonchev–Trinajstić information content (AvgIpc) is 2.66. The summed E-state index contributed by atoms with van der Waals surface area (Å²) in [6.45, 7) is 0.260. The minimum atomic E-state index is -0.408. The maximum Gasteiger partial charge on any atom is 0.315 e. The molecule has 3 N–H and O–H groups in total. The van der Waals surface area contributed by atoms with Gasteiger partial charge in [0.1, 0.15) is 5.82 Å². The van der Waals surface area contributed by atoms with Gasteiger partial charge in [-0.2, -0.15) is 0 Å². The fraction of sp³-hybridized carbons (Fsp3) is 0.263. The number of carbonyl (C=O) groups excluding carboxylic acids is 2. The Morgan fingerprint density at radius 2 is 1.88 bits per heavy atom. The van der Waals surface area contributed by atoms with E-state index in [1.54, 1.807) is 6.07 Å². The van der Waals surface area contributed by atoms with E-state index in [4.69, 9.17) is 0 Å². The van der Waals surface area contributed by atoms with Crippen molar-refractivity contribution in [1.82, 2.24) is 16.0 Å². The monoisotopic (exact) mass is 373 g/mol. The number of hydrogen-bond acceptors (Lipinski definition) is 3. The highest BCUT2D eigenvalue weighted by atomic mass is 32.2. The van der Waals surface area contributed by atoms with Gasteiger partial charge in [0, 0.05) is 17.2 Å². The zero-order valence-corrected chi connectivity index (χ0v) is 14.9. The Morgan fingerprint density at radius 3 is 2.69 bits per heavy atom. The molecule has 26 heavy (non-hydrogen) atoms. The zero-order chi connectivity index (χ0) is 18.4. The van der Waals surface area contributed by atoms with E-state index in [-0.39, 0.29) is 24.3 Å². The van der Waals surface area contributed by atoms with E-state index < -0.39 is 6.03 Å². The second-order valence-electron chi connectivity index (χ2n) is 5.94. The number of halogens is 1. The molecule has 0 fully saturated rings. The Kier molecular flexibility index (Phi) is 6.12. The molecule has 0 aliphatic carbocycles. The standard InChI is InChI=1S/C19H20FN3O2S/c20-15-8-4-7-14-16(9-10-26-18(14)15)23-17(24)12-22-19(25)21-11-13-5-2-1-3-6-13/h1-8,16H,9-12H2,(H,23,24)(H2,21,22,25). The molecule has 3 rings (SSSR count). The minimum Gasteiger partial charge on any atom is -0.348 e. The van der Waals surface area contributed by atoms with Gasteiger partial charge in [-0.1, -0.05) is 42.5 Å². The highest BCUT2D eigenvalue weighted by Crippen LogP contribution is 2.37. The molecule has 1 aliphatic heterocycles. The molecule has 0 spiro atoms. The van der Waals surface area contributed by atoms with Gasteiger partial charge in [0.05, 0.1) is 12.6 Å². The van der Waals surface area contributed by atoms with Crippen LogP contribution in [0.25, 0.3) is 0 Å². The highest BCUT2D eigenvalue weighted by Gasteiger charge is 2.24. The molecule has 2 aromatic carbocycles. The first-order chi connectivity index (χ1) is 12.6. The van der Waals surface area contributed by atoms with Crippen LogP contribution in [0.5, 0.6) is 0 Å². The number of carbonyl (C=O) groups is 2. The first kappa shape index (κ1) is 18.3. The van der Waals surface area contributed by atoms with E-state index in [0.29, 0.717) is 11.4 Å². The van der Waals surface area contributed by atoms with Gasteiger partial charge >= 0.3 is 6.03 Å². The summed E-state index contributed by atoms with van der Waals surface area (Å²) >= 11 is 1.46. The van der Waals surface area contributed by atoms with Crippen molar-refractivity contribution in [3.63, 3.8) is 0 Å². The van der Waals surface area contributed by atoms with E-state index in [0.717, 1.165) is 23.3 Å². The molecule has 2 aromatic rings. The van der Waals surface area contributed by atoms with Gasteiger partial charge in [-0.25, -0.2) is 9.18 Å². The summed E-state index contributed by atoms with van der Waals surface area (Å²) in [5, 5.41) is 8.10. The van der Waals surface area contributed by atoms with Crippen molar-refractivity contribution in [1.29, 1.82) is 0 Å². The third-order valence-corrected chi connectivity index (χ3v) is 5.23. The van der Waals surface area contributed by atoms with Crippen LogP contribution in [0.4, 0.5) is 9.18 Å². The molecule has 0 aromatic heterocycles. The van der Waals surface area contributed by atoms with Crippen LogP contribution < -0.4 is 16.0 Å². The highest BCUT2D eigenvalue weighted by molar-refractivity contribution is 7.99. The Labute approximate surface area is 155 Å². The summed E-state index contributed by atoms with van der Waals surface area (Å²) in [7, 11) is 0.